The van der Waals surface area contributed by atoms with Crippen LogP contribution in [0.25, 0.3) is 0 Å². The third-order valence-corrected chi connectivity index (χ3v) is 4.51. The minimum Gasteiger partial charge on any atom is -0.491 e. The third kappa shape index (κ3) is 4.91. The van der Waals surface area contributed by atoms with E-state index in [4.69, 9.17) is 14.2 Å². The maximum absolute atomic E-state index is 10.2. The Kier molecular flexibility index (Phi) is 5.89. The molecule has 2 saturated heterocycles. The van der Waals surface area contributed by atoms with Gasteiger partial charge in [-0.2, -0.15) is 0 Å². The van der Waals surface area contributed by atoms with Crippen molar-refractivity contribution >= 4 is 0 Å². The van der Waals surface area contributed by atoms with E-state index in [1.807, 2.05) is 31.2 Å². The fourth-order valence-electron chi connectivity index (χ4n) is 3.31. The van der Waals surface area contributed by atoms with Crippen LogP contribution in [0.15, 0.2) is 24.3 Å². The molecule has 1 N–H and O–H groups in total. The van der Waals surface area contributed by atoms with Crippen molar-refractivity contribution in [2.24, 2.45) is 5.92 Å². The van der Waals surface area contributed by atoms with Gasteiger partial charge in [-0.15, -0.1) is 0 Å². The van der Waals surface area contributed by atoms with Crippen LogP contribution in [0.3, 0.4) is 0 Å². The minimum atomic E-state index is -0.486. The molecule has 2 aliphatic rings. The summed E-state index contributed by atoms with van der Waals surface area (Å²) in [5.41, 5.74) is 1.20. The van der Waals surface area contributed by atoms with E-state index in [2.05, 4.69) is 4.90 Å². The van der Waals surface area contributed by atoms with Crippen LogP contribution in [-0.2, 0) is 9.47 Å². The van der Waals surface area contributed by atoms with E-state index in [0.29, 0.717) is 32.3 Å². The molecule has 128 valence electrons. The fourth-order valence-corrected chi connectivity index (χ4v) is 3.31. The lowest BCUT2D eigenvalue weighted by molar-refractivity contribution is -0.103. The Balaban J connectivity index is 1.41. The van der Waals surface area contributed by atoms with Crippen molar-refractivity contribution in [3.8, 4) is 5.75 Å². The van der Waals surface area contributed by atoms with Gasteiger partial charge in [0.15, 0.2) is 6.29 Å². The number of nitrogens with zero attached hydrogens (tertiary/aromatic N) is 1. The summed E-state index contributed by atoms with van der Waals surface area (Å²) in [6.45, 7) is 6.35. The van der Waals surface area contributed by atoms with Crippen molar-refractivity contribution in [2.75, 3.05) is 39.5 Å². The number of aliphatic hydroxyl groups is 1. The predicted octanol–water partition coefficient (Wildman–Crippen LogP) is 1.82. The number of hydrogen-bond acceptors (Lipinski definition) is 5. The van der Waals surface area contributed by atoms with E-state index in [-0.39, 0.29) is 6.29 Å². The zero-order valence-electron chi connectivity index (χ0n) is 13.8. The Hall–Kier alpha value is -1.14. The number of rotatable bonds is 6. The van der Waals surface area contributed by atoms with E-state index in [9.17, 15) is 5.11 Å². The Morgan fingerprint density at radius 3 is 2.74 bits per heavy atom. The molecule has 5 nitrogen and oxygen atoms in total. The first-order chi connectivity index (χ1) is 11.2. The minimum absolute atomic E-state index is 0.0567. The zero-order chi connectivity index (χ0) is 16.1. The number of benzene rings is 1. The molecule has 0 amide bonds. The van der Waals surface area contributed by atoms with Gasteiger partial charge in [0.2, 0.25) is 0 Å². The van der Waals surface area contributed by atoms with Gasteiger partial charge >= 0.3 is 0 Å². The van der Waals surface area contributed by atoms with Gasteiger partial charge in [0.25, 0.3) is 0 Å². The first kappa shape index (κ1) is 16.7. The summed E-state index contributed by atoms with van der Waals surface area (Å²) in [4.78, 5) is 2.29. The average Bonchev–Trinajstić information content (AvgIpc) is 3.09. The zero-order valence-corrected chi connectivity index (χ0v) is 13.8. The molecule has 0 radical (unpaired) electrons. The molecule has 1 aromatic rings. The Morgan fingerprint density at radius 1 is 1.26 bits per heavy atom. The number of piperidine rings is 1. The monoisotopic (exact) mass is 321 g/mol. The molecule has 1 aromatic carbocycles. The Bertz CT molecular complexity index is 472. The van der Waals surface area contributed by atoms with Gasteiger partial charge in [-0.25, -0.2) is 0 Å². The highest BCUT2D eigenvalue weighted by Gasteiger charge is 2.31. The van der Waals surface area contributed by atoms with Crippen molar-refractivity contribution in [3.05, 3.63) is 29.8 Å². The van der Waals surface area contributed by atoms with Gasteiger partial charge < -0.3 is 24.2 Å². The number of β-amino-alcohol motifs (C(OH)–C–C–N with tert-alkyl or cyclic N) is 1. The van der Waals surface area contributed by atoms with Crippen LogP contribution in [0, 0.1) is 12.8 Å². The summed E-state index contributed by atoms with van der Waals surface area (Å²) in [6.07, 6.45) is 1.72. The van der Waals surface area contributed by atoms with Gasteiger partial charge in [0, 0.05) is 19.0 Å². The van der Waals surface area contributed by atoms with Gasteiger partial charge in [-0.05, 0) is 38.4 Å². The van der Waals surface area contributed by atoms with Crippen LogP contribution in [0.1, 0.15) is 18.4 Å². The fraction of sp³-hybridized carbons (Fsp3) is 0.667. The summed E-state index contributed by atoms with van der Waals surface area (Å²) in [7, 11) is 0. The molecule has 2 fully saturated rings. The van der Waals surface area contributed by atoms with Crippen LogP contribution in [0.2, 0.25) is 0 Å². The molecule has 3 rings (SSSR count). The van der Waals surface area contributed by atoms with Gasteiger partial charge in [-0.1, -0.05) is 17.7 Å². The molecule has 0 aliphatic carbocycles. The molecule has 23 heavy (non-hydrogen) atoms. The number of aliphatic hydroxyl groups excluding tert-OH is 1. The third-order valence-electron chi connectivity index (χ3n) is 4.51. The highest BCUT2D eigenvalue weighted by molar-refractivity contribution is 5.26. The number of hydrogen-bond donors (Lipinski definition) is 1. The van der Waals surface area contributed by atoms with Gasteiger partial charge in [0.1, 0.15) is 18.5 Å². The second-order valence-electron chi connectivity index (χ2n) is 6.55. The second-order valence-corrected chi connectivity index (χ2v) is 6.55. The van der Waals surface area contributed by atoms with Crippen LogP contribution >= 0.6 is 0 Å². The first-order valence-corrected chi connectivity index (χ1v) is 8.54. The lowest BCUT2D eigenvalue weighted by Gasteiger charge is -2.35. The molecule has 0 aromatic heterocycles. The molecule has 0 bridgehead atoms. The van der Waals surface area contributed by atoms with E-state index < -0.39 is 6.10 Å². The Morgan fingerprint density at radius 2 is 2.00 bits per heavy atom. The largest absolute Gasteiger partial charge is 0.491 e. The highest BCUT2D eigenvalue weighted by Crippen LogP contribution is 2.25. The van der Waals surface area contributed by atoms with Crippen molar-refractivity contribution in [1.29, 1.82) is 0 Å². The highest BCUT2D eigenvalue weighted by atomic mass is 16.7. The molecular weight excluding hydrogens is 294 g/mol. The molecule has 2 unspecified atom stereocenters. The van der Waals surface area contributed by atoms with Crippen LogP contribution in [-0.4, -0.2) is 61.9 Å². The maximum Gasteiger partial charge on any atom is 0.161 e. The van der Waals surface area contributed by atoms with Gasteiger partial charge in [-0.3, -0.25) is 0 Å². The summed E-state index contributed by atoms with van der Waals surface area (Å²) in [5.74, 6) is 1.22. The first-order valence-electron chi connectivity index (χ1n) is 8.54. The molecule has 0 saturated carbocycles. The smallest absolute Gasteiger partial charge is 0.161 e. The number of likely N-dealkylation sites (tertiary alicyclic amines) is 1. The normalized spacial score (nSPS) is 24.7. The van der Waals surface area contributed by atoms with Crippen molar-refractivity contribution < 1.29 is 19.3 Å². The van der Waals surface area contributed by atoms with E-state index in [1.165, 1.54) is 5.56 Å². The number of aryl methyl sites for hydroxylation is 1. The lowest BCUT2D eigenvalue weighted by Crippen LogP contribution is -2.44. The molecule has 0 spiro atoms. The van der Waals surface area contributed by atoms with E-state index >= 15 is 0 Å². The van der Waals surface area contributed by atoms with Crippen LogP contribution in [0.4, 0.5) is 0 Å². The standard InChI is InChI=1S/C18H27NO4/c1-14-4-6-17(7-5-14)23-13-16(20)12-19-8-2-3-15(11-19)18-21-9-10-22-18/h4-7,15-16,18,20H,2-3,8-13H2,1H3. The van der Waals surface area contributed by atoms with Gasteiger partial charge in [0.05, 0.1) is 13.2 Å². The molecule has 5 heteroatoms. The molecular formula is C18H27NO4. The van der Waals surface area contributed by atoms with Crippen molar-refractivity contribution in [3.63, 3.8) is 0 Å². The molecule has 2 atom stereocenters. The van der Waals surface area contributed by atoms with E-state index in [1.54, 1.807) is 0 Å². The predicted molar refractivity (Wildman–Crippen MR) is 87.5 cm³/mol. The quantitative estimate of drug-likeness (QED) is 0.866. The molecule has 2 aliphatic heterocycles. The van der Waals surface area contributed by atoms with Crippen LogP contribution in [0.5, 0.6) is 5.75 Å². The number of ether oxygens (including phenoxy) is 3. The SMILES string of the molecule is Cc1ccc(OCC(O)CN2CCCC(C3OCCO3)C2)cc1. The van der Waals surface area contributed by atoms with E-state index in [0.717, 1.165) is 31.7 Å². The average molecular weight is 321 g/mol. The maximum atomic E-state index is 10.2. The topological polar surface area (TPSA) is 51.2 Å². The van der Waals surface area contributed by atoms with Crippen molar-refractivity contribution in [1.82, 2.24) is 4.90 Å². The summed E-state index contributed by atoms with van der Waals surface area (Å²) < 4.78 is 16.9. The van der Waals surface area contributed by atoms with Crippen LogP contribution < -0.4 is 4.74 Å². The summed E-state index contributed by atoms with van der Waals surface area (Å²) >= 11 is 0. The van der Waals surface area contributed by atoms with Crippen molar-refractivity contribution in [2.45, 2.75) is 32.2 Å². The molecule has 2 heterocycles. The summed E-state index contributed by atoms with van der Waals surface area (Å²) in [5, 5.41) is 10.2. The lowest BCUT2D eigenvalue weighted by atomic mass is 9.97. The Labute approximate surface area is 138 Å². The second kappa shape index (κ2) is 8.11. The summed E-state index contributed by atoms with van der Waals surface area (Å²) in [6, 6.07) is 7.90.